The largest absolute Gasteiger partial charge is 0.469 e. The summed E-state index contributed by atoms with van der Waals surface area (Å²) in [4.78, 5) is 14.4. The quantitative estimate of drug-likeness (QED) is 0.852. The van der Waals surface area contributed by atoms with Gasteiger partial charge in [0.05, 0.1) is 18.8 Å². The van der Waals surface area contributed by atoms with Gasteiger partial charge in [-0.3, -0.25) is 4.79 Å². The first kappa shape index (κ1) is 15.8. The third kappa shape index (κ3) is 4.02. The van der Waals surface area contributed by atoms with Gasteiger partial charge in [-0.2, -0.15) is 0 Å². The second kappa shape index (κ2) is 7.47. The van der Waals surface area contributed by atoms with Crippen LogP contribution in [-0.4, -0.2) is 37.1 Å². The van der Waals surface area contributed by atoms with Gasteiger partial charge in [-0.15, -0.1) is 0 Å². The van der Waals surface area contributed by atoms with Crippen molar-refractivity contribution in [2.45, 2.75) is 25.4 Å². The average molecular weight is 313 g/mol. The lowest BCUT2D eigenvalue weighted by atomic mass is 9.88. The fraction of sp³-hybridized carbons (Fsp3) is 0.421. The minimum absolute atomic E-state index is 0.132. The summed E-state index contributed by atoms with van der Waals surface area (Å²) in [6, 6.07) is 14.1. The predicted molar refractivity (Wildman–Crippen MR) is 88.0 cm³/mol. The Kier molecular flexibility index (Phi) is 5.13. The molecule has 0 radical (unpaired) electrons. The van der Waals surface area contributed by atoms with Crippen molar-refractivity contribution in [2.75, 3.05) is 20.2 Å². The third-order valence-corrected chi connectivity index (χ3v) is 4.57. The Bertz CT molecular complexity index is 609. The first-order valence-electron chi connectivity index (χ1n) is 8.13. The van der Waals surface area contributed by atoms with Crippen molar-refractivity contribution < 1.29 is 13.9 Å². The lowest BCUT2D eigenvalue weighted by Gasteiger charge is -2.38. The molecule has 0 N–H and O–H groups in total. The van der Waals surface area contributed by atoms with Crippen LogP contribution in [0.25, 0.3) is 0 Å². The first-order valence-corrected chi connectivity index (χ1v) is 8.13. The molecule has 0 spiro atoms. The molecule has 1 aliphatic heterocycles. The number of furan rings is 1. The molecule has 0 aliphatic carbocycles. The number of benzene rings is 1. The van der Waals surface area contributed by atoms with Crippen LogP contribution in [0.4, 0.5) is 0 Å². The predicted octanol–water partition coefficient (Wildman–Crippen LogP) is 2.93. The molecule has 122 valence electrons. The van der Waals surface area contributed by atoms with Crippen LogP contribution in [0, 0.1) is 5.92 Å². The van der Waals surface area contributed by atoms with Crippen LogP contribution in [0.15, 0.2) is 53.1 Å². The van der Waals surface area contributed by atoms with Gasteiger partial charge in [0.2, 0.25) is 5.91 Å². The Labute approximate surface area is 137 Å². The summed E-state index contributed by atoms with van der Waals surface area (Å²) in [5.74, 6) is 1.19. The van der Waals surface area contributed by atoms with Crippen molar-refractivity contribution in [3.8, 4) is 0 Å². The highest BCUT2D eigenvalue weighted by Crippen LogP contribution is 2.24. The SMILES string of the molecule is CO[C@H]1CCN(C(=O)Cc2ccco2)C[C@@H]1Cc1ccccc1. The van der Waals surface area contributed by atoms with Crippen molar-refractivity contribution in [3.63, 3.8) is 0 Å². The van der Waals surface area contributed by atoms with Gasteiger partial charge in [-0.25, -0.2) is 0 Å². The van der Waals surface area contributed by atoms with E-state index in [0.717, 1.165) is 31.7 Å². The highest BCUT2D eigenvalue weighted by Gasteiger charge is 2.31. The van der Waals surface area contributed by atoms with Gasteiger partial charge in [0.25, 0.3) is 0 Å². The summed E-state index contributed by atoms with van der Waals surface area (Å²) in [6.07, 6.45) is 3.98. The Morgan fingerprint density at radius 2 is 2.09 bits per heavy atom. The molecule has 1 saturated heterocycles. The molecule has 2 aromatic rings. The fourth-order valence-electron chi connectivity index (χ4n) is 3.33. The molecular weight excluding hydrogens is 290 g/mol. The van der Waals surface area contributed by atoms with E-state index >= 15 is 0 Å². The van der Waals surface area contributed by atoms with E-state index in [0.29, 0.717) is 12.3 Å². The molecule has 0 saturated carbocycles. The Balaban J connectivity index is 1.64. The van der Waals surface area contributed by atoms with Crippen LogP contribution in [0.1, 0.15) is 17.7 Å². The molecule has 4 heteroatoms. The van der Waals surface area contributed by atoms with E-state index in [1.54, 1.807) is 13.4 Å². The van der Waals surface area contributed by atoms with Crippen molar-refractivity contribution in [1.82, 2.24) is 4.90 Å². The Morgan fingerprint density at radius 3 is 2.78 bits per heavy atom. The molecule has 23 heavy (non-hydrogen) atoms. The van der Waals surface area contributed by atoms with E-state index < -0.39 is 0 Å². The number of hydrogen-bond donors (Lipinski definition) is 0. The Hall–Kier alpha value is -2.07. The molecule has 2 heterocycles. The molecule has 1 aromatic heterocycles. The van der Waals surface area contributed by atoms with Crippen molar-refractivity contribution >= 4 is 5.91 Å². The summed E-state index contributed by atoms with van der Waals surface area (Å²) in [5.41, 5.74) is 1.29. The molecule has 1 aliphatic rings. The number of carbonyl (C=O) groups is 1. The molecule has 0 unspecified atom stereocenters. The summed E-state index contributed by atoms with van der Waals surface area (Å²) in [5, 5.41) is 0. The van der Waals surface area contributed by atoms with Gasteiger partial charge in [-0.05, 0) is 30.5 Å². The van der Waals surface area contributed by atoms with Crippen LogP contribution in [0.3, 0.4) is 0 Å². The van der Waals surface area contributed by atoms with E-state index in [2.05, 4.69) is 24.3 Å². The molecule has 2 atom stereocenters. The zero-order valence-corrected chi connectivity index (χ0v) is 13.5. The Morgan fingerprint density at radius 1 is 1.26 bits per heavy atom. The fourth-order valence-corrected chi connectivity index (χ4v) is 3.33. The second-order valence-electron chi connectivity index (χ2n) is 6.11. The molecular formula is C19H23NO3. The van der Waals surface area contributed by atoms with Crippen LogP contribution in [0.2, 0.25) is 0 Å². The molecule has 1 fully saturated rings. The second-order valence-corrected chi connectivity index (χ2v) is 6.11. The zero-order valence-electron chi connectivity index (χ0n) is 13.5. The summed E-state index contributed by atoms with van der Waals surface area (Å²) in [6.45, 7) is 1.50. The highest BCUT2D eigenvalue weighted by atomic mass is 16.5. The van der Waals surface area contributed by atoms with Gasteiger partial charge in [0.15, 0.2) is 0 Å². The number of likely N-dealkylation sites (tertiary alicyclic amines) is 1. The number of methoxy groups -OCH3 is 1. The summed E-state index contributed by atoms with van der Waals surface area (Å²) in [7, 11) is 1.77. The number of nitrogens with zero attached hydrogens (tertiary/aromatic N) is 1. The minimum atomic E-state index is 0.132. The normalized spacial score (nSPS) is 21.3. The minimum Gasteiger partial charge on any atom is -0.469 e. The molecule has 3 rings (SSSR count). The molecule has 0 bridgehead atoms. The van der Waals surface area contributed by atoms with Crippen LogP contribution in [0.5, 0.6) is 0 Å². The van der Waals surface area contributed by atoms with E-state index in [1.165, 1.54) is 5.56 Å². The molecule has 1 aromatic carbocycles. The summed E-state index contributed by atoms with van der Waals surface area (Å²) < 4.78 is 10.9. The number of piperidine rings is 1. The van der Waals surface area contributed by atoms with E-state index in [9.17, 15) is 4.79 Å². The number of hydrogen-bond acceptors (Lipinski definition) is 3. The maximum atomic E-state index is 12.5. The van der Waals surface area contributed by atoms with Gasteiger partial charge < -0.3 is 14.1 Å². The maximum absolute atomic E-state index is 12.5. The van der Waals surface area contributed by atoms with Crippen molar-refractivity contribution in [1.29, 1.82) is 0 Å². The standard InChI is InChI=1S/C19H23NO3/c1-22-18-9-10-20(19(21)13-17-8-5-11-23-17)14-16(18)12-15-6-3-2-4-7-15/h2-8,11,16,18H,9-10,12-14H2,1H3/t16-,18-/m0/s1. The van der Waals surface area contributed by atoms with Crippen LogP contribution in [-0.2, 0) is 22.4 Å². The van der Waals surface area contributed by atoms with Gasteiger partial charge in [0.1, 0.15) is 5.76 Å². The average Bonchev–Trinajstić information content (AvgIpc) is 3.08. The van der Waals surface area contributed by atoms with E-state index in [1.807, 2.05) is 23.1 Å². The summed E-state index contributed by atoms with van der Waals surface area (Å²) >= 11 is 0. The highest BCUT2D eigenvalue weighted by molar-refractivity contribution is 5.78. The van der Waals surface area contributed by atoms with Gasteiger partial charge in [0, 0.05) is 26.1 Å². The topological polar surface area (TPSA) is 42.7 Å². The zero-order chi connectivity index (χ0) is 16.1. The number of rotatable bonds is 5. The smallest absolute Gasteiger partial charge is 0.230 e. The van der Waals surface area contributed by atoms with Crippen LogP contribution < -0.4 is 0 Å². The van der Waals surface area contributed by atoms with Gasteiger partial charge in [-0.1, -0.05) is 30.3 Å². The van der Waals surface area contributed by atoms with E-state index in [4.69, 9.17) is 9.15 Å². The number of carbonyl (C=O) groups excluding carboxylic acids is 1. The lowest BCUT2D eigenvalue weighted by molar-refractivity contribution is -0.135. The monoisotopic (exact) mass is 313 g/mol. The van der Waals surface area contributed by atoms with Crippen LogP contribution >= 0.6 is 0 Å². The maximum Gasteiger partial charge on any atom is 0.230 e. The van der Waals surface area contributed by atoms with Crippen molar-refractivity contribution in [2.24, 2.45) is 5.92 Å². The first-order chi connectivity index (χ1) is 11.3. The van der Waals surface area contributed by atoms with Gasteiger partial charge >= 0.3 is 0 Å². The molecule has 1 amide bonds. The number of amides is 1. The lowest BCUT2D eigenvalue weighted by Crippen LogP contribution is -2.47. The number of ether oxygens (including phenoxy) is 1. The van der Waals surface area contributed by atoms with Crippen molar-refractivity contribution in [3.05, 3.63) is 60.1 Å². The van der Waals surface area contributed by atoms with E-state index in [-0.39, 0.29) is 12.0 Å². The third-order valence-electron chi connectivity index (χ3n) is 4.57. The molecule has 4 nitrogen and oxygen atoms in total.